The molecule has 6 nitrogen and oxygen atoms in total. The Morgan fingerprint density at radius 3 is 2.60 bits per heavy atom. The van der Waals surface area contributed by atoms with Crippen molar-refractivity contribution >= 4 is 39.3 Å². The van der Waals surface area contributed by atoms with Gasteiger partial charge in [0.15, 0.2) is 0 Å². The fourth-order valence-corrected chi connectivity index (χ4v) is 4.02. The second-order valence-corrected chi connectivity index (χ2v) is 7.75. The minimum Gasteiger partial charge on any atom is -0.354 e. The molecule has 0 aliphatic heterocycles. The molecule has 0 aliphatic carbocycles. The Bertz CT molecular complexity index is 1270. The summed E-state index contributed by atoms with van der Waals surface area (Å²) < 4.78 is 3.18. The summed E-state index contributed by atoms with van der Waals surface area (Å²) in [6.07, 6.45) is 2.96. The molecule has 0 saturated carbocycles. The molecule has 30 heavy (non-hydrogen) atoms. The number of nitrogens with one attached hydrogen (secondary N) is 1. The lowest BCUT2D eigenvalue weighted by atomic mass is 10.1. The largest absolute Gasteiger partial charge is 0.354 e. The second-order valence-electron chi connectivity index (χ2n) is 7.31. The number of hydrogen-bond donors (Lipinski definition) is 1. The highest BCUT2D eigenvalue weighted by Gasteiger charge is 2.25. The van der Waals surface area contributed by atoms with Crippen molar-refractivity contribution in [3.63, 3.8) is 0 Å². The molecule has 7 heteroatoms. The van der Waals surface area contributed by atoms with E-state index in [2.05, 4.69) is 10.4 Å². The normalized spacial score (nSPS) is 12.4. The van der Waals surface area contributed by atoms with Crippen molar-refractivity contribution in [1.29, 1.82) is 0 Å². The van der Waals surface area contributed by atoms with Crippen LogP contribution in [0.5, 0.6) is 0 Å². The van der Waals surface area contributed by atoms with Crippen LogP contribution in [0.15, 0.2) is 59.5 Å². The van der Waals surface area contributed by atoms with Gasteiger partial charge in [-0.3, -0.25) is 9.59 Å². The molecule has 1 unspecified atom stereocenters. The number of fused-ring (bicyclic) bond motifs is 3. The topological polar surface area (TPSA) is 68.9 Å². The number of carbonyl (C=O) groups excluding carboxylic acids is 1. The molecule has 0 aliphatic rings. The molecule has 1 atom stereocenters. The van der Waals surface area contributed by atoms with Gasteiger partial charge in [0.1, 0.15) is 11.6 Å². The number of rotatable bonds is 6. The van der Waals surface area contributed by atoms with Gasteiger partial charge in [-0.2, -0.15) is 5.10 Å². The summed E-state index contributed by atoms with van der Waals surface area (Å²) in [6, 6.07) is 14.8. The van der Waals surface area contributed by atoms with Crippen molar-refractivity contribution in [3.8, 4) is 0 Å². The standard InChI is InChI=1S/C23H23ClN4O2/c1-3-19(22(29)25-13-12-15-8-10-16(24)11-9-15)28-20-7-5-4-6-17(20)18-14-26-27(2)23(30)21(18)28/h4-11,14,19H,3,12-13H2,1-2H3,(H,25,29). The molecule has 0 bridgehead atoms. The second kappa shape index (κ2) is 8.32. The van der Waals surface area contributed by atoms with Crippen LogP contribution in [0.1, 0.15) is 24.9 Å². The molecule has 0 saturated heterocycles. The van der Waals surface area contributed by atoms with Gasteiger partial charge in [-0.05, 0) is 36.6 Å². The number of amides is 1. The fourth-order valence-electron chi connectivity index (χ4n) is 3.90. The number of para-hydroxylation sites is 1. The number of aromatic nitrogens is 3. The third-order valence-corrected chi connectivity index (χ3v) is 5.69. The first-order valence-corrected chi connectivity index (χ1v) is 10.4. The van der Waals surface area contributed by atoms with Crippen molar-refractivity contribution < 1.29 is 4.79 Å². The first-order valence-electron chi connectivity index (χ1n) is 9.98. The molecule has 4 aromatic rings. The van der Waals surface area contributed by atoms with Crippen molar-refractivity contribution in [2.24, 2.45) is 7.05 Å². The van der Waals surface area contributed by atoms with Crippen molar-refractivity contribution in [2.75, 3.05) is 6.54 Å². The Labute approximate surface area is 179 Å². The van der Waals surface area contributed by atoms with Crippen molar-refractivity contribution in [1.82, 2.24) is 19.7 Å². The third-order valence-electron chi connectivity index (χ3n) is 5.43. The molecule has 2 heterocycles. The number of aryl methyl sites for hydroxylation is 1. The van der Waals surface area contributed by atoms with Crippen LogP contribution in [0.2, 0.25) is 5.02 Å². The number of hydrogen-bond acceptors (Lipinski definition) is 3. The molecule has 0 fully saturated rings. The fraction of sp³-hybridized carbons (Fsp3) is 0.261. The van der Waals surface area contributed by atoms with E-state index in [1.165, 1.54) is 4.68 Å². The highest BCUT2D eigenvalue weighted by molar-refractivity contribution is 6.30. The monoisotopic (exact) mass is 422 g/mol. The van der Waals surface area contributed by atoms with E-state index in [-0.39, 0.29) is 11.5 Å². The number of benzene rings is 2. The maximum Gasteiger partial charge on any atom is 0.291 e. The van der Waals surface area contributed by atoms with Gasteiger partial charge in [0.05, 0.1) is 11.7 Å². The highest BCUT2D eigenvalue weighted by atomic mass is 35.5. The van der Waals surface area contributed by atoms with Crippen LogP contribution in [0.4, 0.5) is 0 Å². The first kappa shape index (κ1) is 20.2. The molecular formula is C23H23ClN4O2. The average molecular weight is 423 g/mol. The number of nitrogens with zero attached hydrogens (tertiary/aromatic N) is 3. The van der Waals surface area contributed by atoms with Crippen molar-refractivity contribution in [3.05, 3.63) is 75.7 Å². The predicted molar refractivity (Wildman–Crippen MR) is 120 cm³/mol. The average Bonchev–Trinajstić information content (AvgIpc) is 3.08. The number of halogens is 1. The Hall–Kier alpha value is -3.12. The minimum absolute atomic E-state index is 0.104. The molecule has 1 amide bonds. The summed E-state index contributed by atoms with van der Waals surface area (Å²) in [5.41, 5.74) is 2.26. The molecule has 2 aromatic carbocycles. The zero-order valence-corrected chi connectivity index (χ0v) is 17.7. The van der Waals surface area contributed by atoms with E-state index < -0.39 is 6.04 Å². The summed E-state index contributed by atoms with van der Waals surface area (Å²) in [6.45, 7) is 2.46. The predicted octanol–water partition coefficient (Wildman–Crippen LogP) is 3.85. The lowest BCUT2D eigenvalue weighted by Gasteiger charge is -2.19. The number of carbonyl (C=O) groups is 1. The molecule has 4 rings (SSSR count). The van der Waals surface area contributed by atoms with Crippen LogP contribution in [0.3, 0.4) is 0 Å². The molecule has 0 radical (unpaired) electrons. The zero-order valence-electron chi connectivity index (χ0n) is 16.9. The zero-order chi connectivity index (χ0) is 21.3. The van der Waals surface area contributed by atoms with E-state index in [4.69, 9.17) is 11.6 Å². The van der Waals surface area contributed by atoms with Crippen LogP contribution in [0.25, 0.3) is 21.8 Å². The third kappa shape index (κ3) is 3.59. The van der Waals surface area contributed by atoms with E-state index in [0.717, 1.165) is 21.9 Å². The van der Waals surface area contributed by atoms with Crippen molar-refractivity contribution in [2.45, 2.75) is 25.8 Å². The summed E-state index contributed by atoms with van der Waals surface area (Å²) in [7, 11) is 1.62. The van der Waals surface area contributed by atoms with E-state index >= 15 is 0 Å². The first-order chi connectivity index (χ1) is 14.5. The summed E-state index contributed by atoms with van der Waals surface area (Å²) in [5, 5.41) is 9.58. The van der Waals surface area contributed by atoms with Gasteiger partial charge < -0.3 is 9.88 Å². The maximum absolute atomic E-state index is 13.1. The summed E-state index contributed by atoms with van der Waals surface area (Å²) in [4.78, 5) is 26.0. The van der Waals surface area contributed by atoms with E-state index in [1.54, 1.807) is 13.2 Å². The van der Waals surface area contributed by atoms with Crippen LogP contribution in [-0.2, 0) is 18.3 Å². The van der Waals surface area contributed by atoms with E-state index in [0.29, 0.717) is 29.9 Å². The summed E-state index contributed by atoms with van der Waals surface area (Å²) in [5.74, 6) is -0.104. The van der Waals surface area contributed by atoms with E-state index in [9.17, 15) is 9.59 Å². The Morgan fingerprint density at radius 1 is 1.13 bits per heavy atom. The molecule has 0 spiro atoms. The van der Waals surface area contributed by atoms with Gasteiger partial charge in [-0.25, -0.2) is 4.68 Å². The summed E-state index contributed by atoms with van der Waals surface area (Å²) >= 11 is 5.93. The SMILES string of the molecule is CCC(C(=O)NCCc1ccc(Cl)cc1)n1c2ccccc2c2cnn(C)c(=O)c21. The van der Waals surface area contributed by atoms with Gasteiger partial charge in [-0.15, -0.1) is 0 Å². The molecule has 1 N–H and O–H groups in total. The molecule has 154 valence electrons. The molecule has 2 aromatic heterocycles. The Morgan fingerprint density at radius 2 is 1.87 bits per heavy atom. The van der Waals surface area contributed by atoms with Crippen LogP contribution < -0.4 is 10.9 Å². The van der Waals surface area contributed by atoms with Crippen LogP contribution in [-0.4, -0.2) is 26.8 Å². The minimum atomic E-state index is -0.493. The van der Waals surface area contributed by atoms with Gasteiger partial charge in [0.2, 0.25) is 5.91 Å². The van der Waals surface area contributed by atoms with Gasteiger partial charge in [-0.1, -0.05) is 48.9 Å². The van der Waals surface area contributed by atoms with Gasteiger partial charge in [0.25, 0.3) is 5.56 Å². The smallest absolute Gasteiger partial charge is 0.291 e. The van der Waals surface area contributed by atoms with Crippen LogP contribution in [0, 0.1) is 0 Å². The quantitative estimate of drug-likeness (QED) is 0.513. The van der Waals surface area contributed by atoms with Gasteiger partial charge >= 0.3 is 0 Å². The Balaban J connectivity index is 1.68. The molecular weight excluding hydrogens is 400 g/mol. The van der Waals surface area contributed by atoms with Gasteiger partial charge in [0, 0.05) is 29.4 Å². The highest BCUT2D eigenvalue weighted by Crippen LogP contribution is 2.30. The van der Waals surface area contributed by atoms with Crippen LogP contribution >= 0.6 is 11.6 Å². The lowest BCUT2D eigenvalue weighted by molar-refractivity contribution is -0.124. The van der Waals surface area contributed by atoms with E-state index in [1.807, 2.05) is 60.0 Å². The lowest BCUT2D eigenvalue weighted by Crippen LogP contribution is -2.34. The maximum atomic E-state index is 13.1. The Kier molecular flexibility index (Phi) is 5.59.